The monoisotopic (exact) mass is 216 g/mol. The van der Waals surface area contributed by atoms with E-state index in [0.29, 0.717) is 6.54 Å². The van der Waals surface area contributed by atoms with E-state index in [1.165, 1.54) is 0 Å². The topological polar surface area (TPSA) is 55.6 Å². The number of carbonyl (C=O) groups is 1. The van der Waals surface area contributed by atoms with E-state index in [1.807, 2.05) is 34.6 Å². The van der Waals surface area contributed by atoms with Crippen LogP contribution in [0.25, 0.3) is 0 Å². The van der Waals surface area contributed by atoms with Gasteiger partial charge in [0.1, 0.15) is 5.60 Å². The molecule has 0 aliphatic carbocycles. The van der Waals surface area contributed by atoms with Crippen molar-refractivity contribution < 1.29 is 9.53 Å². The maximum atomic E-state index is 11.8. The Morgan fingerprint density at radius 1 is 1.33 bits per heavy atom. The Bertz CT molecular complexity index is 217. The summed E-state index contributed by atoms with van der Waals surface area (Å²) in [6.45, 7) is 9.95. The first-order chi connectivity index (χ1) is 6.66. The minimum atomic E-state index is -0.464. The van der Waals surface area contributed by atoms with Crippen molar-refractivity contribution in [3.63, 3.8) is 0 Å². The van der Waals surface area contributed by atoms with Crippen LogP contribution < -0.4 is 5.73 Å². The van der Waals surface area contributed by atoms with Crippen molar-refractivity contribution in [1.29, 1.82) is 0 Å². The van der Waals surface area contributed by atoms with Gasteiger partial charge in [-0.1, -0.05) is 6.92 Å². The molecule has 0 fully saturated rings. The molecule has 2 N–H and O–H groups in total. The van der Waals surface area contributed by atoms with Crippen molar-refractivity contribution in [2.24, 2.45) is 5.73 Å². The highest BCUT2D eigenvalue weighted by Gasteiger charge is 2.32. The third-order valence-electron chi connectivity index (χ3n) is 2.68. The maximum Gasteiger partial charge on any atom is 0.410 e. The van der Waals surface area contributed by atoms with Crippen LogP contribution in [0.1, 0.15) is 41.0 Å². The average Bonchev–Trinajstić information content (AvgIpc) is 2.12. The van der Waals surface area contributed by atoms with Gasteiger partial charge in [-0.15, -0.1) is 0 Å². The Labute approximate surface area is 92.8 Å². The highest BCUT2D eigenvalue weighted by Crippen LogP contribution is 2.19. The summed E-state index contributed by atoms with van der Waals surface area (Å²) in [5.74, 6) is 0. The predicted molar refractivity (Wildman–Crippen MR) is 61.7 cm³/mol. The first kappa shape index (κ1) is 14.2. The van der Waals surface area contributed by atoms with Crippen LogP contribution in [0.3, 0.4) is 0 Å². The number of hydrogen-bond donors (Lipinski definition) is 1. The summed E-state index contributed by atoms with van der Waals surface area (Å²) >= 11 is 0. The molecule has 0 heterocycles. The van der Waals surface area contributed by atoms with Crippen LogP contribution in [-0.2, 0) is 4.74 Å². The van der Waals surface area contributed by atoms with E-state index >= 15 is 0 Å². The number of carbonyl (C=O) groups excluding carboxylic acids is 1. The summed E-state index contributed by atoms with van der Waals surface area (Å²) in [5.41, 5.74) is 4.88. The van der Waals surface area contributed by atoms with E-state index in [-0.39, 0.29) is 11.6 Å². The number of nitrogens with two attached hydrogens (primary N) is 1. The van der Waals surface area contributed by atoms with Gasteiger partial charge in [0.05, 0.1) is 5.54 Å². The van der Waals surface area contributed by atoms with Gasteiger partial charge >= 0.3 is 6.09 Å². The fourth-order valence-corrected chi connectivity index (χ4v) is 1.07. The molecule has 0 aromatic heterocycles. The number of nitrogens with zero attached hydrogens (tertiary/aromatic N) is 1. The smallest absolute Gasteiger partial charge is 0.410 e. The lowest BCUT2D eigenvalue weighted by Gasteiger charge is -2.37. The van der Waals surface area contributed by atoms with Crippen LogP contribution in [0.15, 0.2) is 0 Å². The van der Waals surface area contributed by atoms with Gasteiger partial charge < -0.3 is 15.4 Å². The first-order valence-corrected chi connectivity index (χ1v) is 5.33. The molecule has 0 aromatic rings. The largest absolute Gasteiger partial charge is 0.444 e. The molecular weight excluding hydrogens is 192 g/mol. The van der Waals surface area contributed by atoms with Crippen molar-refractivity contribution >= 4 is 6.09 Å². The van der Waals surface area contributed by atoms with Gasteiger partial charge in [0.2, 0.25) is 0 Å². The van der Waals surface area contributed by atoms with Crippen LogP contribution in [0.5, 0.6) is 0 Å². The summed E-state index contributed by atoms with van der Waals surface area (Å²) in [4.78, 5) is 13.4. The standard InChI is InChI=1S/C11H24N2O2/c1-7-11(5,8-12)13(6)9(14)15-10(2,3)4/h7-8,12H2,1-6H3. The molecule has 1 amide bonds. The highest BCUT2D eigenvalue weighted by atomic mass is 16.6. The van der Waals surface area contributed by atoms with Crippen LogP contribution in [0.4, 0.5) is 4.79 Å². The number of rotatable bonds is 3. The Hall–Kier alpha value is -0.770. The zero-order chi connectivity index (χ0) is 12.3. The molecule has 15 heavy (non-hydrogen) atoms. The fraction of sp³-hybridized carbons (Fsp3) is 0.909. The van der Waals surface area contributed by atoms with Crippen molar-refractivity contribution in [3.8, 4) is 0 Å². The first-order valence-electron chi connectivity index (χ1n) is 5.33. The van der Waals surface area contributed by atoms with Gasteiger partial charge in [0.15, 0.2) is 0 Å². The quantitative estimate of drug-likeness (QED) is 0.784. The molecule has 0 bridgehead atoms. The molecule has 0 spiro atoms. The van der Waals surface area contributed by atoms with Crippen molar-refractivity contribution in [2.75, 3.05) is 13.6 Å². The summed E-state index contributed by atoms with van der Waals surface area (Å²) in [6.07, 6.45) is 0.483. The van der Waals surface area contributed by atoms with Gasteiger partial charge in [-0.3, -0.25) is 0 Å². The predicted octanol–water partition coefficient (Wildman–Crippen LogP) is 1.98. The minimum Gasteiger partial charge on any atom is -0.444 e. The van der Waals surface area contributed by atoms with E-state index in [4.69, 9.17) is 10.5 Å². The zero-order valence-corrected chi connectivity index (χ0v) is 10.8. The van der Waals surface area contributed by atoms with Crippen LogP contribution in [0.2, 0.25) is 0 Å². The molecule has 4 heteroatoms. The summed E-state index contributed by atoms with van der Waals surface area (Å²) < 4.78 is 5.28. The molecule has 4 nitrogen and oxygen atoms in total. The molecule has 0 saturated carbocycles. The molecular formula is C11H24N2O2. The lowest BCUT2D eigenvalue weighted by molar-refractivity contribution is 0.00883. The Morgan fingerprint density at radius 3 is 2.07 bits per heavy atom. The minimum absolute atomic E-state index is 0.322. The van der Waals surface area contributed by atoms with Gasteiger partial charge in [0, 0.05) is 13.6 Å². The van der Waals surface area contributed by atoms with Gasteiger partial charge in [-0.2, -0.15) is 0 Å². The highest BCUT2D eigenvalue weighted by molar-refractivity contribution is 5.68. The van der Waals surface area contributed by atoms with E-state index < -0.39 is 5.60 Å². The third kappa shape index (κ3) is 4.08. The summed E-state index contributed by atoms with van der Waals surface area (Å²) in [6, 6.07) is 0. The van der Waals surface area contributed by atoms with E-state index in [9.17, 15) is 4.79 Å². The number of likely N-dealkylation sites (N-methyl/N-ethyl adjacent to an activating group) is 1. The van der Waals surface area contributed by atoms with Gasteiger partial charge in [-0.05, 0) is 34.1 Å². The molecule has 90 valence electrons. The second kappa shape index (κ2) is 4.84. The SMILES string of the molecule is CCC(C)(CN)N(C)C(=O)OC(C)(C)C. The molecule has 0 radical (unpaired) electrons. The van der Waals surface area contributed by atoms with E-state index in [0.717, 1.165) is 6.42 Å². The molecule has 0 aromatic carbocycles. The van der Waals surface area contributed by atoms with E-state index in [1.54, 1.807) is 11.9 Å². The van der Waals surface area contributed by atoms with Gasteiger partial charge in [-0.25, -0.2) is 4.79 Å². The number of amides is 1. The zero-order valence-electron chi connectivity index (χ0n) is 10.8. The number of hydrogen-bond acceptors (Lipinski definition) is 3. The van der Waals surface area contributed by atoms with Crippen LogP contribution >= 0.6 is 0 Å². The lowest BCUT2D eigenvalue weighted by Crippen LogP contribution is -2.53. The number of ether oxygens (including phenoxy) is 1. The molecule has 0 aliphatic rings. The Morgan fingerprint density at radius 2 is 1.80 bits per heavy atom. The third-order valence-corrected chi connectivity index (χ3v) is 2.68. The average molecular weight is 216 g/mol. The van der Waals surface area contributed by atoms with Crippen molar-refractivity contribution in [1.82, 2.24) is 4.90 Å². The Kier molecular flexibility index (Phi) is 4.59. The lowest BCUT2D eigenvalue weighted by atomic mass is 9.98. The van der Waals surface area contributed by atoms with Crippen molar-refractivity contribution in [3.05, 3.63) is 0 Å². The summed E-state index contributed by atoms with van der Waals surface area (Å²) in [5, 5.41) is 0. The normalized spacial score (nSPS) is 15.7. The maximum absolute atomic E-state index is 11.8. The second-order valence-electron chi connectivity index (χ2n) is 5.09. The molecule has 1 atom stereocenters. The van der Waals surface area contributed by atoms with Crippen LogP contribution in [0, 0.1) is 0 Å². The second-order valence-corrected chi connectivity index (χ2v) is 5.09. The van der Waals surface area contributed by atoms with Crippen molar-refractivity contribution in [2.45, 2.75) is 52.2 Å². The molecule has 0 saturated heterocycles. The molecule has 0 rings (SSSR count). The van der Waals surface area contributed by atoms with E-state index in [2.05, 4.69) is 0 Å². The Balaban J connectivity index is 4.57. The summed E-state index contributed by atoms with van der Waals surface area (Å²) in [7, 11) is 1.73. The van der Waals surface area contributed by atoms with Crippen LogP contribution in [-0.4, -0.2) is 35.7 Å². The molecule has 0 aliphatic heterocycles. The molecule has 1 unspecified atom stereocenters. The van der Waals surface area contributed by atoms with Gasteiger partial charge in [0.25, 0.3) is 0 Å². The fourth-order valence-electron chi connectivity index (χ4n) is 1.07.